The third-order valence-electron chi connectivity index (χ3n) is 5.10. The molecule has 0 spiro atoms. The first-order valence-electron chi connectivity index (χ1n) is 9.28. The average Bonchev–Trinajstić information content (AvgIpc) is 3.18. The monoisotopic (exact) mass is 370 g/mol. The van der Waals surface area contributed by atoms with E-state index < -0.39 is 0 Å². The number of aromatic nitrogens is 3. The molecule has 2 heterocycles. The molecule has 0 aliphatic heterocycles. The number of fused-ring (bicyclic) bond motifs is 3. The summed E-state index contributed by atoms with van der Waals surface area (Å²) in [4.78, 5) is 31.5. The number of methoxy groups -OCH3 is 1. The second kappa shape index (κ2) is 7.92. The van der Waals surface area contributed by atoms with E-state index in [9.17, 15) is 9.59 Å². The van der Waals surface area contributed by atoms with Gasteiger partial charge >= 0.3 is 0 Å². The zero-order valence-electron chi connectivity index (χ0n) is 16.3. The lowest BCUT2D eigenvalue weighted by Gasteiger charge is -2.21. The number of nitrogens with zero attached hydrogens (tertiary/aromatic N) is 4. The first-order chi connectivity index (χ1) is 13.0. The molecule has 0 saturated heterocycles. The molecule has 0 fully saturated rings. The molecule has 144 valence electrons. The van der Waals surface area contributed by atoms with Gasteiger partial charge < -0.3 is 14.2 Å². The van der Waals surface area contributed by atoms with Gasteiger partial charge in [-0.25, -0.2) is 4.98 Å². The Balaban J connectivity index is 2.20. The molecule has 7 heteroatoms. The summed E-state index contributed by atoms with van der Waals surface area (Å²) < 4.78 is 8.66. The minimum absolute atomic E-state index is 0.0509. The molecule has 7 nitrogen and oxygen atoms in total. The number of rotatable bonds is 7. The second-order valence-electron chi connectivity index (χ2n) is 6.72. The van der Waals surface area contributed by atoms with E-state index in [0.29, 0.717) is 24.2 Å². The van der Waals surface area contributed by atoms with Crippen molar-refractivity contribution >= 4 is 22.5 Å². The third-order valence-corrected chi connectivity index (χ3v) is 5.10. The van der Waals surface area contributed by atoms with Gasteiger partial charge in [0.25, 0.3) is 11.5 Å². The maximum atomic E-state index is 13.0. The highest BCUT2D eigenvalue weighted by Gasteiger charge is 2.19. The van der Waals surface area contributed by atoms with E-state index >= 15 is 0 Å². The van der Waals surface area contributed by atoms with Gasteiger partial charge in [-0.05, 0) is 31.0 Å². The quantitative estimate of drug-likeness (QED) is 0.641. The third kappa shape index (κ3) is 3.35. The Morgan fingerprint density at radius 2 is 1.96 bits per heavy atom. The largest absolute Gasteiger partial charge is 0.383 e. The number of carbonyl (C=O) groups excluding carboxylic acids is 1. The van der Waals surface area contributed by atoms with Gasteiger partial charge in [0.1, 0.15) is 5.52 Å². The zero-order valence-corrected chi connectivity index (χ0v) is 16.3. The number of imidazole rings is 1. The first kappa shape index (κ1) is 19.1. The molecule has 0 atom stereocenters. The summed E-state index contributed by atoms with van der Waals surface area (Å²) in [6.45, 7) is 5.16. The molecule has 1 aromatic carbocycles. The Kier molecular flexibility index (Phi) is 5.60. The van der Waals surface area contributed by atoms with Crippen molar-refractivity contribution in [3.63, 3.8) is 0 Å². The number of likely N-dealkylation sites (N-methyl/N-ethyl adjacent to an activating group) is 1. The van der Waals surface area contributed by atoms with Crippen molar-refractivity contribution in [1.82, 2.24) is 18.9 Å². The second-order valence-corrected chi connectivity index (χ2v) is 6.72. The van der Waals surface area contributed by atoms with Gasteiger partial charge in [0.05, 0.1) is 30.2 Å². The molecule has 0 bridgehead atoms. The van der Waals surface area contributed by atoms with Crippen LogP contribution in [0.1, 0.15) is 43.1 Å². The number of hydrogen-bond acceptors (Lipinski definition) is 4. The van der Waals surface area contributed by atoms with Crippen LogP contribution in [0.4, 0.5) is 0 Å². The highest BCUT2D eigenvalue weighted by Crippen LogP contribution is 2.23. The Morgan fingerprint density at radius 3 is 2.63 bits per heavy atom. The number of carbonyl (C=O) groups is 1. The Hall–Kier alpha value is -2.67. The van der Waals surface area contributed by atoms with Crippen molar-refractivity contribution in [2.75, 3.05) is 27.3 Å². The van der Waals surface area contributed by atoms with Crippen LogP contribution in [-0.4, -0.2) is 52.1 Å². The lowest BCUT2D eigenvalue weighted by molar-refractivity contribution is 0.0744. The van der Waals surface area contributed by atoms with Crippen LogP contribution >= 0.6 is 0 Å². The summed E-state index contributed by atoms with van der Waals surface area (Å²) in [6, 6.07) is 5.60. The minimum Gasteiger partial charge on any atom is -0.383 e. The van der Waals surface area contributed by atoms with Gasteiger partial charge in [0.15, 0.2) is 0 Å². The smallest absolute Gasteiger partial charge is 0.277 e. The van der Waals surface area contributed by atoms with Crippen LogP contribution in [0, 0.1) is 0 Å². The number of hydrogen-bond donors (Lipinski definition) is 0. The summed E-state index contributed by atoms with van der Waals surface area (Å²) in [5.74, 6) is -0.0810. The maximum absolute atomic E-state index is 13.0. The summed E-state index contributed by atoms with van der Waals surface area (Å²) in [5.41, 5.74) is 2.66. The lowest BCUT2D eigenvalue weighted by atomic mass is 10.1. The summed E-state index contributed by atoms with van der Waals surface area (Å²) >= 11 is 0. The molecule has 0 N–H and O–H groups in total. The summed E-state index contributed by atoms with van der Waals surface area (Å²) in [5, 5.41) is 0. The molecule has 0 radical (unpaired) electrons. The molecule has 2 aromatic heterocycles. The van der Waals surface area contributed by atoms with Gasteiger partial charge in [-0.1, -0.05) is 13.8 Å². The fourth-order valence-electron chi connectivity index (χ4n) is 3.50. The SMILES string of the molecule is CCC(CC)n1c(=O)c2cncn2c2cc(C(=O)N(C)CCOC)ccc21. The van der Waals surface area contributed by atoms with E-state index in [1.165, 1.54) is 0 Å². The van der Waals surface area contributed by atoms with Crippen LogP contribution in [-0.2, 0) is 4.74 Å². The number of ether oxygens (including phenoxy) is 1. The van der Waals surface area contributed by atoms with Gasteiger partial charge in [-0.2, -0.15) is 0 Å². The van der Waals surface area contributed by atoms with Crippen LogP contribution in [0.15, 0.2) is 35.5 Å². The average molecular weight is 370 g/mol. The van der Waals surface area contributed by atoms with E-state index in [4.69, 9.17) is 4.74 Å². The Bertz CT molecular complexity index is 1020. The lowest BCUT2D eigenvalue weighted by Crippen LogP contribution is -2.30. The zero-order chi connectivity index (χ0) is 19.6. The summed E-state index contributed by atoms with van der Waals surface area (Å²) in [6.07, 6.45) is 4.92. The number of amides is 1. The fourth-order valence-corrected chi connectivity index (χ4v) is 3.50. The van der Waals surface area contributed by atoms with Crippen molar-refractivity contribution in [2.24, 2.45) is 0 Å². The minimum atomic E-state index is -0.0810. The van der Waals surface area contributed by atoms with E-state index in [1.807, 2.05) is 16.7 Å². The van der Waals surface area contributed by atoms with E-state index in [0.717, 1.165) is 23.9 Å². The van der Waals surface area contributed by atoms with E-state index in [-0.39, 0.29) is 17.5 Å². The highest BCUT2D eigenvalue weighted by atomic mass is 16.5. The molecular formula is C20H26N4O3. The molecule has 3 rings (SSSR count). The molecular weight excluding hydrogens is 344 g/mol. The normalized spacial score (nSPS) is 11.6. The van der Waals surface area contributed by atoms with Crippen molar-refractivity contribution in [3.05, 3.63) is 46.6 Å². The molecule has 3 aromatic rings. The Labute approximate surface area is 158 Å². The molecule has 27 heavy (non-hydrogen) atoms. The van der Waals surface area contributed by atoms with Crippen LogP contribution in [0.5, 0.6) is 0 Å². The van der Waals surface area contributed by atoms with Crippen molar-refractivity contribution in [2.45, 2.75) is 32.7 Å². The Morgan fingerprint density at radius 1 is 1.22 bits per heavy atom. The predicted molar refractivity (Wildman–Crippen MR) is 105 cm³/mol. The topological polar surface area (TPSA) is 68.8 Å². The van der Waals surface area contributed by atoms with Crippen molar-refractivity contribution in [1.29, 1.82) is 0 Å². The molecule has 0 saturated carbocycles. The predicted octanol–water partition coefficient (Wildman–Crippen LogP) is 2.73. The van der Waals surface area contributed by atoms with Gasteiger partial charge in [-0.3, -0.25) is 14.0 Å². The summed E-state index contributed by atoms with van der Waals surface area (Å²) in [7, 11) is 3.37. The van der Waals surface area contributed by atoms with E-state index in [2.05, 4.69) is 18.8 Å². The number of benzene rings is 1. The van der Waals surface area contributed by atoms with Gasteiger partial charge in [0, 0.05) is 32.3 Å². The van der Waals surface area contributed by atoms with Crippen molar-refractivity contribution in [3.8, 4) is 0 Å². The highest BCUT2D eigenvalue weighted by molar-refractivity contribution is 5.97. The molecule has 0 aliphatic rings. The van der Waals surface area contributed by atoms with Gasteiger partial charge in [-0.15, -0.1) is 0 Å². The van der Waals surface area contributed by atoms with Crippen LogP contribution < -0.4 is 5.56 Å². The fraction of sp³-hybridized carbons (Fsp3) is 0.450. The van der Waals surface area contributed by atoms with Crippen LogP contribution in [0.2, 0.25) is 0 Å². The van der Waals surface area contributed by atoms with Crippen molar-refractivity contribution < 1.29 is 9.53 Å². The first-order valence-corrected chi connectivity index (χ1v) is 9.28. The molecule has 0 unspecified atom stereocenters. The molecule has 0 aliphatic carbocycles. The van der Waals surface area contributed by atoms with E-state index in [1.54, 1.807) is 42.0 Å². The van der Waals surface area contributed by atoms with Crippen LogP contribution in [0.25, 0.3) is 16.6 Å². The maximum Gasteiger partial charge on any atom is 0.277 e. The van der Waals surface area contributed by atoms with Gasteiger partial charge in [0.2, 0.25) is 0 Å². The van der Waals surface area contributed by atoms with Crippen LogP contribution in [0.3, 0.4) is 0 Å². The standard InChI is InChI=1S/C20H26N4O3/c1-5-15(6-2)24-16-8-7-14(19(25)22(3)9-10-27-4)11-17(16)23-13-21-12-18(23)20(24)26/h7-8,11-13,15H,5-6,9-10H2,1-4H3. The molecule has 1 amide bonds.